The monoisotopic (exact) mass is 853 g/mol. The highest BCUT2D eigenvalue weighted by molar-refractivity contribution is 6.25. The van der Waals surface area contributed by atoms with Crippen LogP contribution in [0.3, 0.4) is 0 Å². The first kappa shape index (κ1) is 39.8. The van der Waals surface area contributed by atoms with Crippen molar-refractivity contribution < 1.29 is 42.3 Å². The van der Waals surface area contributed by atoms with E-state index in [2.05, 4.69) is 31.0 Å². The Balaban J connectivity index is 0.720. The number of piperidine rings is 2. The number of anilines is 3. The lowest BCUT2D eigenvalue weighted by Crippen LogP contribution is -2.54. The number of ether oxygens (including phenoxy) is 1. The molecular weight excluding hydrogens is 809 g/mol. The summed E-state index contributed by atoms with van der Waals surface area (Å²) in [7, 11) is 0. The first-order chi connectivity index (χ1) is 30.0. The second-order valence-corrected chi connectivity index (χ2v) is 17.1. The summed E-state index contributed by atoms with van der Waals surface area (Å²) in [4.78, 5) is 87.8. The molecule has 6 aliphatic rings. The van der Waals surface area contributed by atoms with Crippen LogP contribution in [0.5, 0.6) is 0 Å². The molecule has 1 saturated carbocycles. The number of imide groups is 2. The fourth-order valence-corrected chi connectivity index (χ4v) is 10.0. The summed E-state index contributed by atoms with van der Waals surface area (Å²) in [6.07, 6.45) is 6.53. The first-order valence-electron chi connectivity index (χ1n) is 21.3. The van der Waals surface area contributed by atoms with Crippen LogP contribution in [-0.4, -0.2) is 121 Å². The Kier molecular flexibility index (Phi) is 10.2. The number of hydrogen-bond acceptors (Lipinski definition) is 12. The van der Waals surface area contributed by atoms with Crippen LogP contribution in [-0.2, 0) is 19.1 Å². The second kappa shape index (κ2) is 15.9. The van der Waals surface area contributed by atoms with Gasteiger partial charge in [0.25, 0.3) is 24.1 Å². The van der Waals surface area contributed by atoms with Crippen molar-refractivity contribution in [3.63, 3.8) is 0 Å². The zero-order chi connectivity index (χ0) is 42.8. The van der Waals surface area contributed by atoms with Crippen molar-refractivity contribution >= 4 is 58.3 Å². The zero-order valence-electron chi connectivity index (χ0n) is 33.7. The van der Waals surface area contributed by atoms with Crippen molar-refractivity contribution in [3.05, 3.63) is 65.2 Å². The number of carbonyl (C=O) groups excluding carboxylic acids is 6. The van der Waals surface area contributed by atoms with Gasteiger partial charge < -0.3 is 25.2 Å². The van der Waals surface area contributed by atoms with Crippen LogP contribution in [0.15, 0.2) is 42.9 Å². The van der Waals surface area contributed by atoms with E-state index in [1.807, 2.05) is 11.0 Å². The predicted molar refractivity (Wildman–Crippen MR) is 216 cm³/mol. The maximum atomic E-state index is 14.3. The molecule has 2 bridgehead atoms. The number of likely N-dealkylation sites (tertiary alicyclic amines) is 1. The highest BCUT2D eigenvalue weighted by atomic mass is 19.3. The fourth-order valence-electron chi connectivity index (χ4n) is 10.0. The number of morpholine rings is 1. The van der Waals surface area contributed by atoms with Gasteiger partial charge in [-0.15, -0.1) is 0 Å². The van der Waals surface area contributed by atoms with E-state index in [4.69, 9.17) is 9.72 Å². The Hall–Kier alpha value is -6.31. The number of nitrogens with zero attached hydrogens (tertiary/aromatic N) is 8. The molecule has 3 N–H and O–H groups in total. The van der Waals surface area contributed by atoms with E-state index in [0.717, 1.165) is 24.2 Å². The number of alkyl halides is 2. The van der Waals surface area contributed by atoms with E-state index >= 15 is 0 Å². The van der Waals surface area contributed by atoms with Crippen molar-refractivity contribution in [1.29, 1.82) is 0 Å². The summed E-state index contributed by atoms with van der Waals surface area (Å²) < 4.78 is 37.3. The molecule has 4 saturated heterocycles. The molecule has 8 heterocycles. The van der Waals surface area contributed by atoms with E-state index in [1.54, 1.807) is 24.4 Å². The molecule has 1 aromatic carbocycles. The van der Waals surface area contributed by atoms with Gasteiger partial charge in [0.15, 0.2) is 11.3 Å². The largest absolute Gasteiger partial charge is 0.384 e. The molecule has 2 unspecified atom stereocenters. The van der Waals surface area contributed by atoms with Gasteiger partial charge in [-0.2, -0.15) is 10.2 Å². The van der Waals surface area contributed by atoms with E-state index in [-0.39, 0.29) is 71.2 Å². The summed E-state index contributed by atoms with van der Waals surface area (Å²) in [5.74, 6) is -2.08. The van der Waals surface area contributed by atoms with Gasteiger partial charge in [0, 0.05) is 56.6 Å². The smallest absolute Gasteiger partial charge is 0.284 e. The standard InChI is InChI=1S/C42H45F2N11O7/c43-36(44)35-30(47-38(57)28-18-46-53-15-12-32(48-37(28)53)52-19-26-16-25(52)21-62-26)20-54(50-35)24-6-4-23(5-7-24)40(59)51-13-10-22(11-14-51)17-45-29-3-1-2-27-34(29)42(61)55(41(27)60)31-8-9-33(56)49-39(31)58/h1-3,12,15,18,20,22-26,31,36,45H,4-11,13-14,16-17,19,21H2,(H,47,57)(H,49,56,58)/t23-,24-,25?,26-,31?/m1/s1. The molecule has 3 aromatic heterocycles. The van der Waals surface area contributed by atoms with Crippen molar-refractivity contribution in [2.45, 2.75) is 88.4 Å². The Morgan fingerprint density at radius 1 is 0.952 bits per heavy atom. The third-order valence-electron chi connectivity index (χ3n) is 13.4. The number of hydrogen-bond donors (Lipinski definition) is 3. The van der Waals surface area contributed by atoms with Gasteiger partial charge in [0.2, 0.25) is 17.7 Å². The zero-order valence-corrected chi connectivity index (χ0v) is 33.7. The average molecular weight is 854 g/mol. The van der Waals surface area contributed by atoms with Crippen LogP contribution in [0.2, 0.25) is 0 Å². The van der Waals surface area contributed by atoms with Crippen molar-refractivity contribution in [3.8, 4) is 0 Å². The summed E-state index contributed by atoms with van der Waals surface area (Å²) in [5.41, 5.74) is 0.758. The molecule has 0 spiro atoms. The molecule has 0 radical (unpaired) electrons. The van der Waals surface area contributed by atoms with Gasteiger partial charge in [-0.05, 0) is 75.5 Å². The molecule has 62 heavy (non-hydrogen) atoms. The summed E-state index contributed by atoms with van der Waals surface area (Å²) >= 11 is 0. The van der Waals surface area contributed by atoms with E-state index in [1.165, 1.54) is 21.6 Å². The minimum Gasteiger partial charge on any atom is -0.384 e. The lowest BCUT2D eigenvalue weighted by Gasteiger charge is -2.36. The number of amides is 6. The number of aromatic nitrogens is 5. The molecule has 324 valence electrons. The van der Waals surface area contributed by atoms with Gasteiger partial charge in [-0.3, -0.25) is 43.7 Å². The van der Waals surface area contributed by atoms with Gasteiger partial charge in [-0.25, -0.2) is 18.3 Å². The minimum absolute atomic E-state index is 0.0409. The summed E-state index contributed by atoms with van der Waals surface area (Å²) in [6, 6.07) is 5.75. The maximum absolute atomic E-state index is 14.3. The van der Waals surface area contributed by atoms with Gasteiger partial charge in [0.1, 0.15) is 17.4 Å². The quantitative estimate of drug-likeness (QED) is 0.196. The number of rotatable bonds is 10. The van der Waals surface area contributed by atoms with Crippen LogP contribution in [0, 0.1) is 11.8 Å². The fraction of sp³-hybridized carbons (Fsp3) is 0.500. The maximum Gasteiger partial charge on any atom is 0.284 e. The normalized spacial score (nSPS) is 25.3. The molecule has 18 nitrogen and oxygen atoms in total. The van der Waals surface area contributed by atoms with Crippen LogP contribution < -0.4 is 20.9 Å². The number of nitrogens with one attached hydrogen (secondary N) is 3. The molecule has 4 aromatic rings. The summed E-state index contributed by atoms with van der Waals surface area (Å²) in [5, 5.41) is 16.7. The van der Waals surface area contributed by atoms with Crippen LogP contribution in [0.25, 0.3) is 5.65 Å². The number of fused-ring (bicyclic) bond motifs is 4. The Labute approximate surface area is 353 Å². The lowest BCUT2D eigenvalue weighted by molar-refractivity contribution is -0.138. The minimum atomic E-state index is -2.93. The molecule has 6 amide bonds. The molecule has 5 fully saturated rings. The van der Waals surface area contributed by atoms with Crippen molar-refractivity contribution in [1.82, 2.24) is 39.5 Å². The number of halogens is 2. The average Bonchev–Trinajstić information content (AvgIpc) is 4.13. The molecule has 20 heteroatoms. The molecule has 3 atom stereocenters. The number of carbonyl (C=O) groups is 6. The van der Waals surface area contributed by atoms with Gasteiger partial charge in [0.05, 0.1) is 47.8 Å². The highest BCUT2D eigenvalue weighted by Gasteiger charge is 2.46. The van der Waals surface area contributed by atoms with Crippen molar-refractivity contribution in [2.75, 3.05) is 48.3 Å². The SMILES string of the molecule is O=C1CCC(N2C(=O)c3cccc(NCC4CCN(C(=O)[C@H]5CC[C@H](n6cc(NC(=O)c7cnn8ccc(N9C[C@H]%10CC9CO%10)nc78)c(C(F)F)n6)CC5)CC4)c3C2=O)C(=O)N1. The van der Waals surface area contributed by atoms with Gasteiger partial charge in [-0.1, -0.05) is 6.07 Å². The Morgan fingerprint density at radius 2 is 1.76 bits per heavy atom. The van der Waals surface area contributed by atoms with E-state index in [0.29, 0.717) is 75.6 Å². The van der Waals surface area contributed by atoms with Gasteiger partial charge >= 0.3 is 0 Å². The topological polar surface area (TPSA) is 205 Å². The number of benzene rings is 1. The first-order valence-corrected chi connectivity index (χ1v) is 21.3. The van der Waals surface area contributed by atoms with E-state index in [9.17, 15) is 37.5 Å². The Morgan fingerprint density at radius 3 is 2.48 bits per heavy atom. The lowest BCUT2D eigenvalue weighted by atomic mass is 9.84. The summed E-state index contributed by atoms with van der Waals surface area (Å²) in [6.45, 7) is 2.98. The molecule has 5 aliphatic heterocycles. The highest BCUT2D eigenvalue weighted by Crippen LogP contribution is 2.38. The van der Waals surface area contributed by atoms with Crippen LogP contribution in [0.1, 0.15) is 107 Å². The van der Waals surface area contributed by atoms with Crippen LogP contribution >= 0.6 is 0 Å². The molecule has 1 aliphatic carbocycles. The molecule has 10 rings (SSSR count). The Bertz CT molecular complexity index is 2490. The molecular formula is C42H45F2N11O7. The third-order valence-corrected chi connectivity index (χ3v) is 13.4. The third kappa shape index (κ3) is 7.12. The van der Waals surface area contributed by atoms with Crippen LogP contribution in [0.4, 0.5) is 26.0 Å². The predicted octanol–water partition coefficient (Wildman–Crippen LogP) is 3.58. The van der Waals surface area contributed by atoms with Crippen molar-refractivity contribution in [2.24, 2.45) is 11.8 Å². The second-order valence-electron chi connectivity index (χ2n) is 17.1. The van der Waals surface area contributed by atoms with E-state index < -0.39 is 47.7 Å².